The largest absolute Gasteiger partial charge is 0.618 e. The van der Waals surface area contributed by atoms with E-state index < -0.39 is 0 Å². The molecule has 4 aromatic heterocycles. The van der Waals surface area contributed by atoms with E-state index in [1.165, 1.54) is 18.0 Å². The van der Waals surface area contributed by atoms with Gasteiger partial charge in [-0.05, 0) is 50.2 Å². The Labute approximate surface area is 213 Å². The van der Waals surface area contributed by atoms with E-state index in [1.807, 2.05) is 50.5 Å². The number of rotatable bonds is 8. The van der Waals surface area contributed by atoms with Crippen molar-refractivity contribution in [1.29, 1.82) is 0 Å². The molecule has 0 radical (unpaired) electrons. The van der Waals surface area contributed by atoms with Crippen LogP contribution < -0.4 is 14.2 Å². The number of nitrogens with zero attached hydrogens (tertiary/aromatic N) is 5. The highest BCUT2D eigenvalue weighted by atomic mass is 32.2. The van der Waals surface area contributed by atoms with Crippen LogP contribution in [0.5, 0.6) is 11.5 Å². The monoisotopic (exact) mass is 501 g/mol. The van der Waals surface area contributed by atoms with Crippen LogP contribution in [0.1, 0.15) is 22.5 Å². The third kappa shape index (κ3) is 4.37. The Bertz CT molecular complexity index is 1530. The smallest absolute Gasteiger partial charge is 0.209 e. The first-order valence-corrected chi connectivity index (χ1v) is 12.5. The van der Waals surface area contributed by atoms with Crippen molar-refractivity contribution in [2.24, 2.45) is 0 Å². The molecule has 0 aliphatic carbocycles. The van der Waals surface area contributed by atoms with Crippen molar-refractivity contribution in [3.8, 4) is 17.2 Å². The summed E-state index contributed by atoms with van der Waals surface area (Å²) in [6, 6.07) is 13.8. The normalized spacial score (nSPS) is 11.2. The van der Waals surface area contributed by atoms with Crippen LogP contribution in [-0.4, -0.2) is 33.3 Å². The molecular weight excluding hydrogens is 474 g/mol. The van der Waals surface area contributed by atoms with Crippen LogP contribution in [0.2, 0.25) is 0 Å². The number of methoxy groups -OCH3 is 2. The summed E-state index contributed by atoms with van der Waals surface area (Å²) in [5.74, 6) is 1.94. The first-order chi connectivity index (χ1) is 17.5. The van der Waals surface area contributed by atoms with Crippen molar-refractivity contribution in [1.82, 2.24) is 19.1 Å². The molecule has 0 aliphatic rings. The molecule has 5 aromatic rings. The maximum atomic E-state index is 12.6. The molecule has 5 rings (SSSR count). The fraction of sp³-hybridized carbons (Fsp3) is 0.222. The van der Waals surface area contributed by atoms with Crippen LogP contribution in [0, 0.1) is 19.1 Å². The van der Waals surface area contributed by atoms with Gasteiger partial charge in [-0.1, -0.05) is 11.8 Å². The minimum Gasteiger partial charge on any atom is -0.618 e. The zero-order chi connectivity index (χ0) is 25.2. The predicted molar refractivity (Wildman–Crippen MR) is 140 cm³/mol. The Morgan fingerprint density at radius 3 is 2.50 bits per heavy atom. The number of pyridine rings is 2. The van der Waals surface area contributed by atoms with Crippen molar-refractivity contribution in [2.45, 2.75) is 31.3 Å². The SMILES string of the molecule is COc1ccnc(Cn2c(SCc3c(C)c(OC)cc[n+]3[O-])nc3ccc(-n4cccc4)cc32)c1C. The van der Waals surface area contributed by atoms with Gasteiger partial charge < -0.3 is 23.8 Å². The number of aromatic nitrogens is 5. The van der Waals surface area contributed by atoms with Crippen molar-refractivity contribution >= 4 is 22.8 Å². The summed E-state index contributed by atoms with van der Waals surface area (Å²) in [7, 11) is 3.28. The number of fused-ring (bicyclic) bond motifs is 1. The molecule has 0 unspecified atom stereocenters. The molecular formula is C27H27N5O3S. The van der Waals surface area contributed by atoms with Crippen molar-refractivity contribution in [2.75, 3.05) is 14.2 Å². The fourth-order valence-corrected chi connectivity index (χ4v) is 5.38. The third-order valence-electron chi connectivity index (χ3n) is 6.37. The molecule has 0 spiro atoms. The second-order valence-electron chi connectivity index (χ2n) is 8.40. The number of hydrogen-bond donors (Lipinski definition) is 0. The Kier molecular flexibility index (Phi) is 6.56. The van der Waals surface area contributed by atoms with Gasteiger partial charge in [0.2, 0.25) is 5.69 Å². The minimum atomic E-state index is 0.449. The van der Waals surface area contributed by atoms with Gasteiger partial charge in [-0.25, -0.2) is 4.98 Å². The van der Waals surface area contributed by atoms with Gasteiger partial charge in [0.1, 0.15) is 11.5 Å². The van der Waals surface area contributed by atoms with Gasteiger partial charge in [-0.2, -0.15) is 4.73 Å². The van der Waals surface area contributed by atoms with Gasteiger partial charge in [0.25, 0.3) is 0 Å². The number of imidazole rings is 1. The highest BCUT2D eigenvalue weighted by Gasteiger charge is 2.19. The molecule has 8 nitrogen and oxygen atoms in total. The van der Waals surface area contributed by atoms with Gasteiger partial charge in [-0.15, -0.1) is 0 Å². The van der Waals surface area contributed by atoms with Gasteiger partial charge in [-0.3, -0.25) is 4.98 Å². The van der Waals surface area contributed by atoms with Crippen LogP contribution in [0.15, 0.2) is 72.4 Å². The van der Waals surface area contributed by atoms with Crippen LogP contribution in [0.3, 0.4) is 0 Å². The Morgan fingerprint density at radius 2 is 1.75 bits per heavy atom. The molecule has 36 heavy (non-hydrogen) atoms. The quantitative estimate of drug-likeness (QED) is 0.172. The van der Waals surface area contributed by atoms with E-state index in [9.17, 15) is 5.21 Å². The lowest BCUT2D eigenvalue weighted by Gasteiger charge is -2.14. The zero-order valence-electron chi connectivity index (χ0n) is 20.6. The van der Waals surface area contributed by atoms with E-state index in [1.54, 1.807) is 26.5 Å². The van der Waals surface area contributed by atoms with E-state index in [-0.39, 0.29) is 0 Å². The molecule has 0 aliphatic heterocycles. The molecule has 0 bridgehead atoms. The molecule has 0 saturated carbocycles. The fourth-order valence-electron chi connectivity index (χ4n) is 4.29. The molecule has 0 N–H and O–H groups in total. The minimum absolute atomic E-state index is 0.449. The van der Waals surface area contributed by atoms with Crippen LogP contribution in [-0.2, 0) is 12.3 Å². The summed E-state index contributed by atoms with van der Waals surface area (Å²) >= 11 is 1.52. The Morgan fingerprint density at radius 1 is 1.00 bits per heavy atom. The number of benzene rings is 1. The van der Waals surface area contributed by atoms with E-state index in [0.29, 0.717) is 23.7 Å². The highest BCUT2D eigenvalue weighted by Crippen LogP contribution is 2.31. The number of thioether (sulfide) groups is 1. The number of hydrogen-bond acceptors (Lipinski definition) is 6. The first kappa shape index (κ1) is 23.7. The van der Waals surface area contributed by atoms with Crippen LogP contribution in [0.4, 0.5) is 0 Å². The van der Waals surface area contributed by atoms with Crippen LogP contribution >= 0.6 is 11.8 Å². The van der Waals surface area contributed by atoms with Crippen molar-refractivity contribution in [3.63, 3.8) is 0 Å². The van der Waals surface area contributed by atoms with Gasteiger partial charge in [0, 0.05) is 35.9 Å². The van der Waals surface area contributed by atoms with E-state index >= 15 is 0 Å². The Hall–Kier alpha value is -3.98. The van der Waals surface area contributed by atoms with E-state index in [0.717, 1.165) is 49.2 Å². The summed E-state index contributed by atoms with van der Waals surface area (Å²) in [4.78, 5) is 9.57. The molecule has 184 valence electrons. The van der Waals surface area contributed by atoms with Gasteiger partial charge in [0.15, 0.2) is 11.4 Å². The maximum absolute atomic E-state index is 12.6. The number of ether oxygens (including phenoxy) is 2. The molecule has 0 amide bonds. The first-order valence-electron chi connectivity index (χ1n) is 11.5. The summed E-state index contributed by atoms with van der Waals surface area (Å²) in [6.45, 7) is 4.43. The van der Waals surface area contributed by atoms with Gasteiger partial charge in [0.05, 0.1) is 48.8 Å². The highest BCUT2D eigenvalue weighted by molar-refractivity contribution is 7.98. The molecule has 9 heteroatoms. The molecule has 0 saturated heterocycles. The lowest BCUT2D eigenvalue weighted by Crippen LogP contribution is -2.32. The summed E-state index contributed by atoms with van der Waals surface area (Å²) in [5.41, 5.74) is 6.27. The average Bonchev–Trinajstić information content (AvgIpc) is 3.54. The molecule has 0 atom stereocenters. The lowest BCUT2D eigenvalue weighted by molar-refractivity contribution is -0.613. The summed E-state index contributed by atoms with van der Waals surface area (Å²) in [6.07, 6.45) is 7.28. The lowest BCUT2D eigenvalue weighted by atomic mass is 10.2. The maximum Gasteiger partial charge on any atom is 0.209 e. The predicted octanol–water partition coefficient (Wildman–Crippen LogP) is 4.83. The second-order valence-corrected chi connectivity index (χ2v) is 9.34. The second kappa shape index (κ2) is 9.94. The standard InChI is InChI=1S/C27H27N5O3S/c1-18-22(28-11-9-25(18)34-3)16-31-23-15-20(30-12-5-6-13-30)7-8-21(23)29-27(31)36-17-24-19(2)26(35-4)10-14-32(24)33/h5-15H,16-17H2,1-4H3. The third-order valence-corrected chi connectivity index (χ3v) is 7.36. The average molecular weight is 502 g/mol. The topological polar surface area (TPSA) is 81.0 Å². The summed E-state index contributed by atoms with van der Waals surface area (Å²) in [5, 5.41) is 13.4. The van der Waals surface area contributed by atoms with Crippen molar-refractivity contribution < 1.29 is 14.2 Å². The zero-order valence-corrected chi connectivity index (χ0v) is 21.5. The molecule has 4 heterocycles. The molecule has 1 aromatic carbocycles. The summed E-state index contributed by atoms with van der Waals surface area (Å²) < 4.78 is 16.1. The Balaban J connectivity index is 1.59. The van der Waals surface area contributed by atoms with Crippen molar-refractivity contribution in [3.05, 3.63) is 95.0 Å². The van der Waals surface area contributed by atoms with Gasteiger partial charge >= 0.3 is 0 Å². The van der Waals surface area contributed by atoms with E-state index in [4.69, 9.17) is 14.5 Å². The van der Waals surface area contributed by atoms with E-state index in [2.05, 4.69) is 26.3 Å². The van der Waals surface area contributed by atoms with Crippen LogP contribution in [0.25, 0.3) is 16.7 Å². The molecule has 0 fully saturated rings.